The lowest BCUT2D eigenvalue weighted by Crippen LogP contribution is -2.16. The quantitative estimate of drug-likeness (QED) is 0.842. The van der Waals surface area contributed by atoms with Gasteiger partial charge in [-0.3, -0.25) is 4.79 Å². The fourth-order valence-corrected chi connectivity index (χ4v) is 2.94. The Bertz CT molecular complexity index is 436. The van der Waals surface area contributed by atoms with Crippen molar-refractivity contribution in [3.05, 3.63) is 27.7 Å². The van der Waals surface area contributed by atoms with E-state index in [1.54, 1.807) is 6.92 Å². The van der Waals surface area contributed by atoms with Gasteiger partial charge in [-0.2, -0.15) is 0 Å². The number of Topliss-reactive ketones (excluding diaryl/α,β-unsaturated/α-hetero) is 1. The predicted octanol–water partition coefficient (Wildman–Crippen LogP) is 4.31. The van der Waals surface area contributed by atoms with Crippen LogP contribution in [0.15, 0.2) is 16.6 Å². The Morgan fingerprint density at radius 2 is 2.00 bits per heavy atom. The molecule has 1 fully saturated rings. The number of ketones is 1. The zero-order valence-corrected chi connectivity index (χ0v) is 11.9. The van der Waals surface area contributed by atoms with Gasteiger partial charge in [0.1, 0.15) is 0 Å². The molecule has 0 aliphatic heterocycles. The molecule has 17 heavy (non-hydrogen) atoms. The van der Waals surface area contributed by atoms with Crippen LogP contribution in [0.25, 0.3) is 0 Å². The first-order chi connectivity index (χ1) is 8.08. The zero-order valence-electron chi connectivity index (χ0n) is 10.3. The van der Waals surface area contributed by atoms with Crippen molar-refractivity contribution in [2.75, 3.05) is 5.32 Å². The van der Waals surface area contributed by atoms with Gasteiger partial charge in [0, 0.05) is 21.8 Å². The Hall–Kier alpha value is -0.830. The number of nitrogens with one attached hydrogen (secondary N) is 1. The van der Waals surface area contributed by atoms with Crippen molar-refractivity contribution in [2.45, 2.75) is 45.6 Å². The summed E-state index contributed by atoms with van der Waals surface area (Å²) >= 11 is 3.47. The monoisotopic (exact) mass is 295 g/mol. The van der Waals surface area contributed by atoms with Crippen molar-refractivity contribution in [1.82, 2.24) is 0 Å². The van der Waals surface area contributed by atoms with Gasteiger partial charge in [-0.15, -0.1) is 0 Å². The summed E-state index contributed by atoms with van der Waals surface area (Å²) in [5.41, 5.74) is 2.96. The Kier molecular flexibility index (Phi) is 3.87. The van der Waals surface area contributed by atoms with Gasteiger partial charge in [0.25, 0.3) is 0 Å². The third-order valence-corrected chi connectivity index (χ3v) is 3.92. The van der Waals surface area contributed by atoms with E-state index >= 15 is 0 Å². The van der Waals surface area contributed by atoms with E-state index in [2.05, 4.69) is 27.3 Å². The Morgan fingerprint density at radius 3 is 2.59 bits per heavy atom. The number of anilines is 1. The van der Waals surface area contributed by atoms with Crippen molar-refractivity contribution in [3.8, 4) is 0 Å². The first-order valence-corrected chi connectivity index (χ1v) is 6.95. The molecule has 0 unspecified atom stereocenters. The largest absolute Gasteiger partial charge is 0.382 e. The third-order valence-electron chi connectivity index (χ3n) is 3.47. The molecule has 0 atom stereocenters. The number of hydrogen-bond donors (Lipinski definition) is 1. The van der Waals surface area contributed by atoms with Crippen LogP contribution in [-0.4, -0.2) is 11.8 Å². The first-order valence-electron chi connectivity index (χ1n) is 6.15. The summed E-state index contributed by atoms with van der Waals surface area (Å²) in [6, 6.07) is 4.54. The van der Waals surface area contributed by atoms with Crippen LogP contribution in [0.5, 0.6) is 0 Å². The maximum absolute atomic E-state index is 11.6. The molecule has 1 saturated carbocycles. The molecule has 0 heterocycles. The summed E-state index contributed by atoms with van der Waals surface area (Å²) in [4.78, 5) is 11.6. The van der Waals surface area contributed by atoms with E-state index in [1.165, 1.54) is 25.7 Å². The summed E-state index contributed by atoms with van der Waals surface area (Å²) in [5, 5.41) is 3.56. The van der Waals surface area contributed by atoms with E-state index in [9.17, 15) is 4.79 Å². The van der Waals surface area contributed by atoms with Crippen molar-refractivity contribution in [3.63, 3.8) is 0 Å². The van der Waals surface area contributed by atoms with E-state index in [0.29, 0.717) is 6.04 Å². The van der Waals surface area contributed by atoms with E-state index in [-0.39, 0.29) is 5.78 Å². The van der Waals surface area contributed by atoms with Crippen LogP contribution >= 0.6 is 15.9 Å². The second-order valence-electron chi connectivity index (χ2n) is 4.81. The lowest BCUT2D eigenvalue weighted by molar-refractivity contribution is 0.101. The molecule has 1 aliphatic carbocycles. The standard InChI is InChI=1S/C14H18BrNO/c1-9-13(10(2)17)7-11(15)8-14(9)16-12-5-3-4-6-12/h7-8,12,16H,3-6H2,1-2H3. The maximum Gasteiger partial charge on any atom is 0.160 e. The van der Waals surface area contributed by atoms with Gasteiger partial charge in [0.05, 0.1) is 0 Å². The second kappa shape index (κ2) is 5.21. The van der Waals surface area contributed by atoms with Gasteiger partial charge in [-0.05, 0) is 44.4 Å². The van der Waals surface area contributed by atoms with E-state index in [4.69, 9.17) is 0 Å². The highest BCUT2D eigenvalue weighted by atomic mass is 79.9. The summed E-state index contributed by atoms with van der Waals surface area (Å²) in [7, 11) is 0. The molecule has 0 bridgehead atoms. The van der Waals surface area contributed by atoms with Gasteiger partial charge < -0.3 is 5.32 Å². The average Bonchev–Trinajstić information content (AvgIpc) is 2.75. The molecule has 92 valence electrons. The van der Waals surface area contributed by atoms with E-state index in [0.717, 1.165) is 21.3 Å². The molecule has 3 heteroatoms. The highest BCUT2D eigenvalue weighted by Gasteiger charge is 2.17. The molecule has 2 rings (SSSR count). The normalized spacial score (nSPS) is 16.2. The lowest BCUT2D eigenvalue weighted by Gasteiger charge is -2.17. The predicted molar refractivity (Wildman–Crippen MR) is 74.8 cm³/mol. The van der Waals surface area contributed by atoms with Crippen LogP contribution in [0, 0.1) is 6.92 Å². The van der Waals surface area contributed by atoms with Crippen LogP contribution in [0.3, 0.4) is 0 Å². The average molecular weight is 296 g/mol. The fourth-order valence-electron chi connectivity index (χ4n) is 2.48. The Labute approximate surface area is 111 Å². The SMILES string of the molecule is CC(=O)c1cc(Br)cc(NC2CCCC2)c1C. The molecule has 0 radical (unpaired) electrons. The van der Waals surface area contributed by atoms with Gasteiger partial charge >= 0.3 is 0 Å². The molecule has 1 N–H and O–H groups in total. The number of carbonyl (C=O) groups excluding carboxylic acids is 1. The smallest absolute Gasteiger partial charge is 0.160 e. The fraction of sp³-hybridized carbons (Fsp3) is 0.500. The molecule has 2 nitrogen and oxygen atoms in total. The number of carbonyl (C=O) groups is 1. The first kappa shape index (κ1) is 12.6. The maximum atomic E-state index is 11.6. The molecule has 0 aromatic heterocycles. The molecule has 0 spiro atoms. The zero-order chi connectivity index (χ0) is 12.4. The van der Waals surface area contributed by atoms with Crippen LogP contribution in [0.2, 0.25) is 0 Å². The Balaban J connectivity index is 2.29. The molecule has 0 saturated heterocycles. The molecule has 1 aromatic carbocycles. The molecule has 1 aliphatic rings. The van der Waals surface area contributed by atoms with Crippen LogP contribution in [-0.2, 0) is 0 Å². The molecule has 0 amide bonds. The minimum absolute atomic E-state index is 0.123. The van der Waals surface area contributed by atoms with Crippen LogP contribution in [0.1, 0.15) is 48.5 Å². The highest BCUT2D eigenvalue weighted by Crippen LogP contribution is 2.29. The molecular formula is C14H18BrNO. The van der Waals surface area contributed by atoms with E-state index in [1.807, 2.05) is 13.0 Å². The third kappa shape index (κ3) is 2.89. The summed E-state index contributed by atoms with van der Waals surface area (Å²) < 4.78 is 0.966. The topological polar surface area (TPSA) is 29.1 Å². The van der Waals surface area contributed by atoms with Gasteiger partial charge in [0.15, 0.2) is 5.78 Å². The summed E-state index contributed by atoms with van der Waals surface area (Å²) in [6.45, 7) is 3.63. The van der Waals surface area contributed by atoms with Crippen molar-refractivity contribution >= 4 is 27.4 Å². The van der Waals surface area contributed by atoms with Gasteiger partial charge in [-0.25, -0.2) is 0 Å². The minimum Gasteiger partial charge on any atom is -0.382 e. The van der Waals surface area contributed by atoms with E-state index < -0.39 is 0 Å². The summed E-state index contributed by atoms with van der Waals surface area (Å²) in [6.07, 6.45) is 5.09. The molecule has 1 aromatic rings. The van der Waals surface area contributed by atoms with Crippen molar-refractivity contribution in [1.29, 1.82) is 0 Å². The van der Waals surface area contributed by atoms with Crippen LogP contribution < -0.4 is 5.32 Å². The highest BCUT2D eigenvalue weighted by molar-refractivity contribution is 9.10. The minimum atomic E-state index is 0.123. The van der Waals surface area contributed by atoms with Gasteiger partial charge in [0.2, 0.25) is 0 Å². The summed E-state index contributed by atoms with van der Waals surface area (Å²) in [5.74, 6) is 0.123. The molecular weight excluding hydrogens is 278 g/mol. The van der Waals surface area contributed by atoms with Crippen molar-refractivity contribution < 1.29 is 4.79 Å². The lowest BCUT2D eigenvalue weighted by atomic mass is 10.0. The number of halogens is 1. The number of benzene rings is 1. The Morgan fingerprint density at radius 1 is 1.35 bits per heavy atom. The van der Waals surface area contributed by atoms with Crippen molar-refractivity contribution in [2.24, 2.45) is 0 Å². The van der Waals surface area contributed by atoms with Gasteiger partial charge in [-0.1, -0.05) is 28.8 Å². The van der Waals surface area contributed by atoms with Crippen LogP contribution in [0.4, 0.5) is 5.69 Å². The second-order valence-corrected chi connectivity index (χ2v) is 5.72. The number of rotatable bonds is 3. The number of hydrogen-bond acceptors (Lipinski definition) is 2.